The number of ether oxygens (including phenoxy) is 1. The van der Waals surface area contributed by atoms with E-state index in [0.29, 0.717) is 11.6 Å². The van der Waals surface area contributed by atoms with Crippen molar-refractivity contribution in [3.8, 4) is 0 Å². The minimum absolute atomic E-state index is 0.0170. The van der Waals surface area contributed by atoms with Crippen LogP contribution in [0.2, 0.25) is 0 Å². The molecule has 2 aliphatic rings. The van der Waals surface area contributed by atoms with Crippen LogP contribution < -0.4 is 5.32 Å². The van der Waals surface area contributed by atoms with Gasteiger partial charge in [0.25, 0.3) is 5.91 Å². The predicted octanol–water partition coefficient (Wildman–Crippen LogP) is 0.592. The average molecular weight is 319 g/mol. The molecule has 1 amide bonds. The Kier molecular flexibility index (Phi) is 5.25. The number of pyridine rings is 1. The van der Waals surface area contributed by atoms with Gasteiger partial charge in [-0.1, -0.05) is 0 Å². The fourth-order valence-corrected chi connectivity index (χ4v) is 3.46. The molecule has 2 aliphatic heterocycles. The van der Waals surface area contributed by atoms with Crippen molar-refractivity contribution in [1.29, 1.82) is 0 Å². The third kappa shape index (κ3) is 3.88. The molecule has 0 aliphatic carbocycles. The second kappa shape index (κ2) is 7.38. The number of hydrogen-bond donors (Lipinski definition) is 2. The second-order valence-corrected chi connectivity index (χ2v) is 6.51. The van der Waals surface area contributed by atoms with Crippen LogP contribution in [0.4, 0.5) is 0 Å². The molecule has 0 aromatic carbocycles. The van der Waals surface area contributed by atoms with E-state index in [9.17, 15) is 9.90 Å². The topological polar surface area (TPSA) is 74.7 Å². The highest BCUT2D eigenvalue weighted by atomic mass is 16.5. The fraction of sp³-hybridized carbons (Fsp3) is 0.647. The summed E-state index contributed by atoms with van der Waals surface area (Å²) < 4.78 is 5.42. The van der Waals surface area contributed by atoms with Gasteiger partial charge in [0.2, 0.25) is 0 Å². The van der Waals surface area contributed by atoms with E-state index < -0.39 is 0 Å². The Labute approximate surface area is 136 Å². The van der Waals surface area contributed by atoms with E-state index in [0.717, 1.165) is 44.8 Å². The molecule has 3 rings (SSSR count). The number of aryl methyl sites for hydroxylation is 1. The van der Waals surface area contributed by atoms with Crippen molar-refractivity contribution in [3.63, 3.8) is 0 Å². The highest BCUT2D eigenvalue weighted by Crippen LogP contribution is 2.24. The van der Waals surface area contributed by atoms with Crippen LogP contribution in [0, 0.1) is 12.8 Å². The smallest absolute Gasteiger partial charge is 0.253 e. The standard InChI is InChI=1S/C17H25N3O3/c1-12-2-3-13(8-18-12)17(22)19-16-10-20(9-14(16)11-21)15-4-6-23-7-5-15/h2-3,8,14-16,21H,4-7,9-11H2,1H3,(H,19,22)/t14-,16+/m0/s1. The first-order valence-electron chi connectivity index (χ1n) is 8.33. The van der Waals surface area contributed by atoms with Crippen LogP contribution in [0.5, 0.6) is 0 Å². The molecule has 1 aromatic rings. The quantitative estimate of drug-likeness (QED) is 0.850. The summed E-state index contributed by atoms with van der Waals surface area (Å²) in [5.74, 6) is -0.0324. The number of carbonyl (C=O) groups excluding carboxylic acids is 1. The van der Waals surface area contributed by atoms with Crippen molar-refractivity contribution in [2.24, 2.45) is 5.92 Å². The number of nitrogens with zero attached hydrogens (tertiary/aromatic N) is 2. The Morgan fingerprint density at radius 3 is 2.83 bits per heavy atom. The normalized spacial score (nSPS) is 26.3. The monoisotopic (exact) mass is 319 g/mol. The highest BCUT2D eigenvalue weighted by molar-refractivity contribution is 5.94. The summed E-state index contributed by atoms with van der Waals surface area (Å²) in [5.41, 5.74) is 1.46. The number of hydrogen-bond acceptors (Lipinski definition) is 5. The van der Waals surface area contributed by atoms with Gasteiger partial charge in [-0.05, 0) is 31.9 Å². The zero-order chi connectivity index (χ0) is 16.2. The van der Waals surface area contributed by atoms with E-state index in [-0.39, 0.29) is 24.5 Å². The van der Waals surface area contributed by atoms with Gasteiger partial charge in [0.05, 0.1) is 5.56 Å². The summed E-state index contributed by atoms with van der Waals surface area (Å²) in [6.45, 7) is 5.22. The van der Waals surface area contributed by atoms with Gasteiger partial charge in [0, 0.05) is 62.8 Å². The minimum atomic E-state index is -0.116. The lowest BCUT2D eigenvalue weighted by Crippen LogP contribution is -2.43. The first kappa shape index (κ1) is 16.4. The van der Waals surface area contributed by atoms with Crippen molar-refractivity contribution in [2.75, 3.05) is 32.9 Å². The van der Waals surface area contributed by atoms with E-state index in [1.807, 2.05) is 13.0 Å². The Bertz CT molecular complexity index is 528. The van der Waals surface area contributed by atoms with Crippen LogP contribution in [-0.4, -0.2) is 65.9 Å². The van der Waals surface area contributed by atoms with Gasteiger partial charge in [-0.2, -0.15) is 0 Å². The van der Waals surface area contributed by atoms with Crippen LogP contribution in [0.3, 0.4) is 0 Å². The molecular formula is C17H25N3O3. The van der Waals surface area contributed by atoms with Gasteiger partial charge in [-0.25, -0.2) is 0 Å². The third-order valence-electron chi connectivity index (χ3n) is 4.90. The van der Waals surface area contributed by atoms with Crippen LogP contribution in [-0.2, 0) is 4.74 Å². The van der Waals surface area contributed by atoms with Gasteiger partial charge >= 0.3 is 0 Å². The molecule has 0 saturated carbocycles. The lowest BCUT2D eigenvalue weighted by atomic mass is 10.0. The number of rotatable bonds is 4. The summed E-state index contributed by atoms with van der Waals surface area (Å²) in [6, 6.07) is 4.11. The highest BCUT2D eigenvalue weighted by Gasteiger charge is 2.37. The van der Waals surface area contributed by atoms with E-state index >= 15 is 0 Å². The molecule has 6 heteroatoms. The van der Waals surface area contributed by atoms with Crippen molar-refractivity contribution < 1.29 is 14.6 Å². The van der Waals surface area contributed by atoms with E-state index in [2.05, 4.69) is 15.2 Å². The summed E-state index contributed by atoms with van der Waals surface area (Å²) in [7, 11) is 0. The van der Waals surface area contributed by atoms with Crippen LogP contribution >= 0.6 is 0 Å². The fourth-order valence-electron chi connectivity index (χ4n) is 3.46. The summed E-state index contributed by atoms with van der Waals surface area (Å²) in [5, 5.41) is 12.7. The van der Waals surface area contributed by atoms with E-state index in [4.69, 9.17) is 4.74 Å². The lowest BCUT2D eigenvalue weighted by Gasteiger charge is -2.31. The summed E-state index contributed by atoms with van der Waals surface area (Å²) >= 11 is 0. The molecule has 126 valence electrons. The first-order chi connectivity index (χ1) is 11.2. The largest absolute Gasteiger partial charge is 0.396 e. The van der Waals surface area contributed by atoms with Gasteiger partial charge in [0.15, 0.2) is 0 Å². The molecule has 0 unspecified atom stereocenters. The van der Waals surface area contributed by atoms with Crippen LogP contribution in [0.15, 0.2) is 18.3 Å². The number of aliphatic hydroxyl groups excluding tert-OH is 1. The SMILES string of the molecule is Cc1ccc(C(=O)N[C@@H]2CN(C3CCOCC3)C[C@H]2CO)cn1. The van der Waals surface area contributed by atoms with Crippen LogP contribution in [0.1, 0.15) is 28.9 Å². The maximum atomic E-state index is 12.4. The van der Waals surface area contributed by atoms with Gasteiger partial charge in [-0.3, -0.25) is 14.7 Å². The minimum Gasteiger partial charge on any atom is -0.396 e. The Hall–Kier alpha value is -1.50. The predicted molar refractivity (Wildman–Crippen MR) is 86.2 cm³/mol. The third-order valence-corrected chi connectivity index (χ3v) is 4.90. The summed E-state index contributed by atoms with van der Waals surface area (Å²) in [4.78, 5) is 18.9. The van der Waals surface area contributed by atoms with Crippen molar-refractivity contribution >= 4 is 5.91 Å². The molecule has 2 atom stereocenters. The van der Waals surface area contributed by atoms with Crippen LogP contribution in [0.25, 0.3) is 0 Å². The molecule has 6 nitrogen and oxygen atoms in total. The average Bonchev–Trinajstić information content (AvgIpc) is 2.99. The van der Waals surface area contributed by atoms with Crippen molar-refractivity contribution in [2.45, 2.75) is 31.8 Å². The molecule has 23 heavy (non-hydrogen) atoms. The summed E-state index contributed by atoms with van der Waals surface area (Å²) in [6.07, 6.45) is 3.66. The molecule has 3 heterocycles. The maximum absolute atomic E-state index is 12.4. The zero-order valence-corrected chi connectivity index (χ0v) is 13.6. The van der Waals surface area contributed by atoms with E-state index in [1.165, 1.54) is 0 Å². The van der Waals surface area contributed by atoms with Crippen molar-refractivity contribution in [1.82, 2.24) is 15.2 Å². The maximum Gasteiger partial charge on any atom is 0.253 e. The molecule has 2 N–H and O–H groups in total. The zero-order valence-electron chi connectivity index (χ0n) is 13.6. The Morgan fingerprint density at radius 1 is 1.39 bits per heavy atom. The molecule has 1 aromatic heterocycles. The Morgan fingerprint density at radius 2 is 2.17 bits per heavy atom. The van der Waals surface area contributed by atoms with Gasteiger partial charge in [0.1, 0.15) is 0 Å². The molecule has 0 bridgehead atoms. The number of carbonyl (C=O) groups is 1. The number of likely N-dealkylation sites (tertiary alicyclic amines) is 1. The molecule has 2 saturated heterocycles. The van der Waals surface area contributed by atoms with Crippen molar-refractivity contribution in [3.05, 3.63) is 29.6 Å². The lowest BCUT2D eigenvalue weighted by molar-refractivity contribution is 0.0398. The van der Waals surface area contributed by atoms with Gasteiger partial charge < -0.3 is 15.2 Å². The number of amides is 1. The molecule has 2 fully saturated rings. The van der Waals surface area contributed by atoms with E-state index in [1.54, 1.807) is 12.3 Å². The molecule has 0 spiro atoms. The number of aliphatic hydroxyl groups is 1. The molecular weight excluding hydrogens is 294 g/mol. The van der Waals surface area contributed by atoms with Gasteiger partial charge in [-0.15, -0.1) is 0 Å². The molecule has 0 radical (unpaired) electrons. The first-order valence-corrected chi connectivity index (χ1v) is 8.33. The second-order valence-electron chi connectivity index (χ2n) is 6.51. The number of aromatic nitrogens is 1. The Balaban J connectivity index is 1.61. The number of nitrogens with one attached hydrogen (secondary N) is 1.